The van der Waals surface area contributed by atoms with Crippen LogP contribution in [0.3, 0.4) is 0 Å². The highest BCUT2D eigenvalue weighted by Crippen LogP contribution is 2.34. The molecule has 5 rings (SSSR count). The summed E-state index contributed by atoms with van der Waals surface area (Å²) in [6.07, 6.45) is 13.3. The number of carbonyl (C=O) groups is 6. The number of carbonyl (C=O) groups excluding carboxylic acids is 6. The van der Waals surface area contributed by atoms with Gasteiger partial charge in [-0.05, 0) is 176 Å². The summed E-state index contributed by atoms with van der Waals surface area (Å²) in [6, 6.07) is 20.2. The first-order chi connectivity index (χ1) is 32.1. The average Bonchev–Trinajstić information content (AvgIpc) is 3.34. The van der Waals surface area contributed by atoms with Crippen molar-refractivity contribution in [1.82, 2.24) is 0 Å². The van der Waals surface area contributed by atoms with E-state index in [0.29, 0.717) is 112 Å². The summed E-state index contributed by atoms with van der Waals surface area (Å²) >= 11 is 0. The second kappa shape index (κ2) is 27.8. The Hall–Kier alpha value is -6.44. The van der Waals surface area contributed by atoms with Crippen LogP contribution in [-0.4, -0.2) is 62.2 Å². The van der Waals surface area contributed by atoms with Crippen LogP contribution in [0.4, 0.5) is 0 Å². The molecule has 14 nitrogen and oxygen atoms in total. The molecule has 0 atom stereocenters. The number of hydrogen-bond donors (Lipinski definition) is 0. The first kappa shape index (κ1) is 50.6. The fourth-order valence-electron chi connectivity index (χ4n) is 7.67. The predicted octanol–water partition coefficient (Wildman–Crippen LogP) is 9.66. The highest BCUT2D eigenvalue weighted by molar-refractivity contribution is 5.82. The Morgan fingerprint density at radius 2 is 0.591 bits per heavy atom. The Morgan fingerprint density at radius 1 is 0.364 bits per heavy atom. The topological polar surface area (TPSA) is 176 Å². The third-order valence-electron chi connectivity index (χ3n) is 11.6. The molecule has 3 aromatic carbocycles. The fraction of sp³-hybridized carbons (Fsp3) is 0.462. The SMILES string of the molecule is C=CC(=O)OCCCCCCOc1ccc(OC(=O)C2CCC(C(=O)Oc3ccc(OC(=O)C4CCC(C(=O)Oc5ccc(OCCCCCCOC(=O)C=C)cc5)CC4)cc3)CC2)cc1. The van der Waals surface area contributed by atoms with Crippen molar-refractivity contribution in [2.45, 2.75) is 103 Å². The van der Waals surface area contributed by atoms with Crippen molar-refractivity contribution in [3.63, 3.8) is 0 Å². The van der Waals surface area contributed by atoms with Crippen LogP contribution in [0.25, 0.3) is 0 Å². The molecule has 0 aromatic heterocycles. The summed E-state index contributed by atoms with van der Waals surface area (Å²) in [5.74, 6) is -0.723. The lowest BCUT2D eigenvalue weighted by Gasteiger charge is -2.26. The summed E-state index contributed by atoms with van der Waals surface area (Å²) in [5, 5.41) is 0. The van der Waals surface area contributed by atoms with Crippen LogP contribution in [0.1, 0.15) is 103 Å². The maximum Gasteiger partial charge on any atom is 0.330 e. The molecule has 2 saturated carbocycles. The quantitative estimate of drug-likeness (QED) is 0.0322. The van der Waals surface area contributed by atoms with Gasteiger partial charge < -0.3 is 37.9 Å². The van der Waals surface area contributed by atoms with E-state index in [1.807, 2.05) is 0 Å². The van der Waals surface area contributed by atoms with E-state index >= 15 is 0 Å². The van der Waals surface area contributed by atoms with Gasteiger partial charge in [-0.3, -0.25) is 19.2 Å². The van der Waals surface area contributed by atoms with Crippen molar-refractivity contribution >= 4 is 35.8 Å². The number of unbranched alkanes of at least 4 members (excludes halogenated alkanes) is 6. The molecular weight excluding hydrogens is 849 g/mol. The van der Waals surface area contributed by atoms with Crippen LogP contribution in [0.2, 0.25) is 0 Å². The van der Waals surface area contributed by atoms with Gasteiger partial charge in [-0.1, -0.05) is 13.2 Å². The molecule has 0 heterocycles. The monoisotopic (exact) mass is 910 g/mol. The van der Waals surface area contributed by atoms with Crippen molar-refractivity contribution < 1.29 is 66.7 Å². The van der Waals surface area contributed by atoms with Gasteiger partial charge >= 0.3 is 35.8 Å². The van der Waals surface area contributed by atoms with Gasteiger partial charge in [0.25, 0.3) is 0 Å². The molecule has 3 aromatic rings. The van der Waals surface area contributed by atoms with Gasteiger partial charge in [-0.15, -0.1) is 0 Å². The van der Waals surface area contributed by atoms with E-state index in [2.05, 4.69) is 13.2 Å². The van der Waals surface area contributed by atoms with Crippen molar-refractivity contribution in [1.29, 1.82) is 0 Å². The second-order valence-corrected chi connectivity index (χ2v) is 16.5. The van der Waals surface area contributed by atoms with Gasteiger partial charge in [0.05, 0.1) is 50.1 Å². The van der Waals surface area contributed by atoms with Gasteiger partial charge in [-0.2, -0.15) is 0 Å². The Bertz CT molecular complexity index is 1880. The van der Waals surface area contributed by atoms with Crippen LogP contribution in [0.5, 0.6) is 34.5 Å². The van der Waals surface area contributed by atoms with E-state index < -0.39 is 11.9 Å². The van der Waals surface area contributed by atoms with E-state index in [1.165, 1.54) is 0 Å². The molecule has 2 aliphatic carbocycles. The summed E-state index contributed by atoms with van der Waals surface area (Å²) in [4.78, 5) is 73.9. The molecule has 0 radical (unpaired) electrons. The maximum atomic E-state index is 13.0. The first-order valence-electron chi connectivity index (χ1n) is 23.1. The molecule has 0 N–H and O–H groups in total. The summed E-state index contributed by atoms with van der Waals surface area (Å²) in [7, 11) is 0. The van der Waals surface area contributed by atoms with Crippen LogP contribution >= 0.6 is 0 Å². The third kappa shape index (κ3) is 17.9. The Morgan fingerprint density at radius 3 is 0.833 bits per heavy atom. The molecule has 354 valence electrons. The lowest BCUT2D eigenvalue weighted by molar-refractivity contribution is -0.145. The highest BCUT2D eigenvalue weighted by atomic mass is 16.6. The normalized spacial score (nSPS) is 17.8. The van der Waals surface area contributed by atoms with E-state index in [9.17, 15) is 28.8 Å². The first-order valence-corrected chi connectivity index (χ1v) is 23.1. The molecule has 66 heavy (non-hydrogen) atoms. The molecule has 0 amide bonds. The van der Waals surface area contributed by atoms with Crippen LogP contribution in [-0.2, 0) is 38.2 Å². The van der Waals surface area contributed by atoms with Crippen molar-refractivity contribution in [2.24, 2.45) is 23.7 Å². The predicted molar refractivity (Wildman–Crippen MR) is 243 cm³/mol. The van der Waals surface area contributed by atoms with Gasteiger partial charge in [-0.25, -0.2) is 9.59 Å². The number of rotatable bonds is 26. The fourth-order valence-corrected chi connectivity index (χ4v) is 7.67. The Balaban J connectivity index is 0.911. The zero-order valence-electron chi connectivity index (χ0n) is 37.7. The highest BCUT2D eigenvalue weighted by Gasteiger charge is 2.34. The number of hydrogen-bond acceptors (Lipinski definition) is 14. The third-order valence-corrected chi connectivity index (χ3v) is 11.6. The molecule has 2 aliphatic rings. The Labute approximate surface area is 386 Å². The number of ether oxygens (including phenoxy) is 8. The van der Waals surface area contributed by atoms with Gasteiger partial charge in [0.2, 0.25) is 0 Å². The summed E-state index contributed by atoms with van der Waals surface area (Å²) < 4.78 is 44.0. The van der Waals surface area contributed by atoms with Crippen LogP contribution in [0, 0.1) is 23.7 Å². The minimum absolute atomic E-state index is 0.323. The molecule has 14 heteroatoms. The van der Waals surface area contributed by atoms with Crippen LogP contribution in [0.15, 0.2) is 98.1 Å². The van der Waals surface area contributed by atoms with E-state index in [-0.39, 0.29) is 47.5 Å². The van der Waals surface area contributed by atoms with E-state index in [0.717, 1.165) is 63.5 Å². The van der Waals surface area contributed by atoms with Gasteiger partial charge in [0.1, 0.15) is 34.5 Å². The summed E-state index contributed by atoms with van der Waals surface area (Å²) in [5.41, 5.74) is 0. The smallest absolute Gasteiger partial charge is 0.330 e. The van der Waals surface area contributed by atoms with Gasteiger partial charge in [0, 0.05) is 12.2 Å². The second-order valence-electron chi connectivity index (χ2n) is 16.5. The molecule has 2 fully saturated rings. The molecule has 0 saturated heterocycles. The largest absolute Gasteiger partial charge is 0.494 e. The molecule has 0 bridgehead atoms. The number of esters is 6. The van der Waals surface area contributed by atoms with E-state index in [4.69, 9.17) is 37.9 Å². The molecule has 0 spiro atoms. The van der Waals surface area contributed by atoms with E-state index in [1.54, 1.807) is 72.8 Å². The number of benzene rings is 3. The van der Waals surface area contributed by atoms with Crippen molar-refractivity contribution in [2.75, 3.05) is 26.4 Å². The molecule has 0 aliphatic heterocycles. The average molecular weight is 911 g/mol. The van der Waals surface area contributed by atoms with Crippen LogP contribution < -0.4 is 28.4 Å². The molecular formula is C52H62O14. The van der Waals surface area contributed by atoms with Gasteiger partial charge in [0.15, 0.2) is 0 Å². The molecule has 0 unspecified atom stereocenters. The summed E-state index contributed by atoms with van der Waals surface area (Å²) in [6.45, 7) is 8.60. The lowest BCUT2D eigenvalue weighted by atomic mass is 9.82. The zero-order chi connectivity index (χ0) is 46.9. The van der Waals surface area contributed by atoms with Crippen molar-refractivity contribution in [3.8, 4) is 34.5 Å². The lowest BCUT2D eigenvalue weighted by Crippen LogP contribution is -2.30. The van der Waals surface area contributed by atoms with Crippen molar-refractivity contribution in [3.05, 3.63) is 98.1 Å². The minimum atomic E-state index is -0.408. The maximum absolute atomic E-state index is 13.0. The standard InChI is InChI=1S/C52H62O14/c1-3-47(53)61-35-11-7-5-9-33-59-41-21-25-43(26-22-41)63-49(55)37-13-17-39(18-14-37)51(57)65-45-29-31-46(32-30-45)66-52(58)40-19-15-38(16-20-40)50(56)64-44-27-23-42(24-28-44)60-34-10-6-8-12-36-62-48(54)4-2/h3-4,21-32,37-40H,1-2,5-20,33-36H2. The minimum Gasteiger partial charge on any atom is -0.494 e. The zero-order valence-corrected chi connectivity index (χ0v) is 37.7. The Kier molecular flexibility index (Phi) is 21.3.